The predicted octanol–water partition coefficient (Wildman–Crippen LogP) is 1.18. The van der Waals surface area contributed by atoms with E-state index in [1.807, 2.05) is 0 Å². The molecular weight excluding hydrogens is 286 g/mol. The van der Waals surface area contributed by atoms with Crippen molar-refractivity contribution in [3.05, 3.63) is 23.8 Å². The Morgan fingerprint density at radius 3 is 2.21 bits per heavy atom. The molecule has 0 aromatic heterocycles. The van der Waals surface area contributed by atoms with E-state index >= 15 is 0 Å². The van der Waals surface area contributed by atoms with Gasteiger partial charge in [-0.2, -0.15) is 0 Å². The summed E-state index contributed by atoms with van der Waals surface area (Å²) < 4.78 is 47.3. The van der Waals surface area contributed by atoms with Gasteiger partial charge in [0.2, 0.25) is 0 Å². The molecule has 0 bridgehead atoms. The molecule has 0 atom stereocenters. The highest BCUT2D eigenvalue weighted by Crippen LogP contribution is 2.19. The van der Waals surface area contributed by atoms with E-state index in [0.29, 0.717) is 17.7 Å². The third kappa shape index (κ3) is 4.50. The van der Waals surface area contributed by atoms with E-state index in [1.54, 1.807) is 19.9 Å². The second kappa shape index (κ2) is 5.92. The number of nitrogen functional groups attached to an aromatic ring is 1. The Kier molecular flexibility index (Phi) is 4.98. The van der Waals surface area contributed by atoms with Crippen LogP contribution in [0.3, 0.4) is 0 Å². The molecule has 0 aliphatic carbocycles. The van der Waals surface area contributed by atoms with Gasteiger partial charge < -0.3 is 5.73 Å². The smallest absolute Gasteiger partial charge is 0.179 e. The van der Waals surface area contributed by atoms with Crippen molar-refractivity contribution >= 4 is 25.4 Å². The summed E-state index contributed by atoms with van der Waals surface area (Å²) in [5.74, 6) is -0.712. The Bertz CT molecular complexity index is 648. The normalized spacial score (nSPS) is 12.5. The average Bonchev–Trinajstić information content (AvgIpc) is 2.26. The summed E-state index contributed by atoms with van der Waals surface area (Å²) in [7, 11) is -6.89. The van der Waals surface area contributed by atoms with Crippen molar-refractivity contribution in [2.24, 2.45) is 0 Å². The van der Waals surface area contributed by atoms with Gasteiger partial charge in [-0.25, -0.2) is 16.8 Å². The maximum absolute atomic E-state index is 12.1. The van der Waals surface area contributed by atoms with Crippen molar-refractivity contribution < 1.29 is 16.8 Å². The largest absolute Gasteiger partial charge is 0.399 e. The van der Waals surface area contributed by atoms with E-state index in [0.717, 1.165) is 0 Å². The minimum absolute atomic E-state index is 0.0171. The number of anilines is 1. The monoisotopic (exact) mass is 305 g/mol. The molecule has 0 spiro atoms. The van der Waals surface area contributed by atoms with Gasteiger partial charge in [-0.3, -0.25) is 0 Å². The average molecular weight is 305 g/mol. The SMILES string of the molecule is CCCS(=O)(=O)CCS(=O)(=O)c1ccc(N)cc1C. The van der Waals surface area contributed by atoms with Gasteiger partial charge in [0.1, 0.15) is 0 Å². The van der Waals surface area contributed by atoms with E-state index in [4.69, 9.17) is 5.73 Å². The third-order valence-electron chi connectivity index (χ3n) is 2.71. The molecule has 1 aromatic rings. The summed E-state index contributed by atoms with van der Waals surface area (Å²) in [4.78, 5) is 0.147. The third-order valence-corrected chi connectivity index (χ3v) is 6.70. The van der Waals surface area contributed by atoms with Gasteiger partial charge in [0, 0.05) is 11.4 Å². The fourth-order valence-electron chi connectivity index (χ4n) is 1.78. The topological polar surface area (TPSA) is 94.3 Å². The summed E-state index contributed by atoms with van der Waals surface area (Å²) in [6, 6.07) is 4.49. The van der Waals surface area contributed by atoms with Crippen molar-refractivity contribution in [3.8, 4) is 0 Å². The minimum atomic E-state index is -3.59. The quantitative estimate of drug-likeness (QED) is 0.796. The molecule has 0 saturated carbocycles. The molecule has 108 valence electrons. The predicted molar refractivity (Wildman–Crippen MR) is 76.6 cm³/mol. The van der Waals surface area contributed by atoms with E-state index in [2.05, 4.69) is 0 Å². The molecule has 1 aromatic carbocycles. The first kappa shape index (κ1) is 16.0. The number of sulfone groups is 2. The van der Waals surface area contributed by atoms with Gasteiger partial charge >= 0.3 is 0 Å². The van der Waals surface area contributed by atoms with Gasteiger partial charge in [0.15, 0.2) is 19.7 Å². The lowest BCUT2D eigenvalue weighted by Gasteiger charge is -2.08. The van der Waals surface area contributed by atoms with Crippen LogP contribution in [0.5, 0.6) is 0 Å². The summed E-state index contributed by atoms with van der Waals surface area (Å²) in [5.41, 5.74) is 6.58. The highest BCUT2D eigenvalue weighted by molar-refractivity contribution is 7.95. The van der Waals surface area contributed by atoms with Crippen LogP contribution in [0.1, 0.15) is 18.9 Å². The molecule has 1 rings (SSSR count). The molecule has 7 heteroatoms. The van der Waals surface area contributed by atoms with Gasteiger partial charge in [0.25, 0.3) is 0 Å². The van der Waals surface area contributed by atoms with Crippen LogP contribution in [-0.2, 0) is 19.7 Å². The number of hydrogen-bond donors (Lipinski definition) is 1. The van der Waals surface area contributed by atoms with Crippen LogP contribution in [0, 0.1) is 6.92 Å². The molecule has 2 N–H and O–H groups in total. The zero-order valence-corrected chi connectivity index (χ0v) is 12.7. The molecule has 0 amide bonds. The lowest BCUT2D eigenvalue weighted by Crippen LogP contribution is -2.20. The molecule has 0 heterocycles. The zero-order valence-electron chi connectivity index (χ0n) is 11.1. The Morgan fingerprint density at radius 2 is 1.68 bits per heavy atom. The fourth-order valence-corrected chi connectivity index (χ4v) is 5.55. The zero-order chi connectivity index (χ0) is 14.7. The van der Waals surface area contributed by atoms with Gasteiger partial charge in [-0.1, -0.05) is 6.92 Å². The van der Waals surface area contributed by atoms with Crippen molar-refractivity contribution in [3.63, 3.8) is 0 Å². The lowest BCUT2D eigenvalue weighted by molar-refractivity contribution is 0.586. The van der Waals surface area contributed by atoms with E-state index in [-0.39, 0.29) is 22.2 Å². The summed E-state index contributed by atoms with van der Waals surface area (Å²) in [6.45, 7) is 3.39. The first-order chi connectivity index (χ1) is 8.68. The van der Waals surface area contributed by atoms with E-state index < -0.39 is 19.7 Å². The van der Waals surface area contributed by atoms with Crippen LogP contribution >= 0.6 is 0 Å². The lowest BCUT2D eigenvalue weighted by atomic mass is 10.2. The van der Waals surface area contributed by atoms with E-state index in [9.17, 15) is 16.8 Å². The summed E-state index contributed by atoms with van der Waals surface area (Å²) >= 11 is 0. The van der Waals surface area contributed by atoms with Crippen molar-refractivity contribution in [1.29, 1.82) is 0 Å². The Hall–Kier alpha value is -1.08. The number of hydrogen-bond acceptors (Lipinski definition) is 5. The maximum Gasteiger partial charge on any atom is 0.179 e. The number of benzene rings is 1. The van der Waals surface area contributed by atoms with Crippen LogP contribution in [0.25, 0.3) is 0 Å². The number of aryl methyl sites for hydroxylation is 1. The molecule has 0 saturated heterocycles. The van der Waals surface area contributed by atoms with Gasteiger partial charge in [-0.15, -0.1) is 0 Å². The molecule has 0 fully saturated rings. The second-order valence-corrected chi connectivity index (χ2v) is 8.88. The number of nitrogens with two attached hydrogens (primary N) is 1. The standard InChI is InChI=1S/C12H19NO4S2/c1-3-6-18(14,15)7-8-19(16,17)12-5-4-11(13)9-10(12)2/h4-5,9H,3,6-8,13H2,1-2H3. The van der Waals surface area contributed by atoms with Gasteiger partial charge in [-0.05, 0) is 37.1 Å². The van der Waals surface area contributed by atoms with E-state index in [1.165, 1.54) is 12.1 Å². The number of rotatable bonds is 6. The Morgan fingerprint density at radius 1 is 1.05 bits per heavy atom. The highest BCUT2D eigenvalue weighted by atomic mass is 32.2. The van der Waals surface area contributed by atoms with Crippen LogP contribution < -0.4 is 5.73 Å². The molecule has 0 aliphatic rings. The first-order valence-corrected chi connectivity index (χ1v) is 9.44. The molecule has 0 radical (unpaired) electrons. The molecule has 0 unspecified atom stereocenters. The van der Waals surface area contributed by atoms with Crippen LogP contribution in [0.15, 0.2) is 23.1 Å². The van der Waals surface area contributed by atoms with Gasteiger partial charge in [0.05, 0.1) is 16.4 Å². The second-order valence-electron chi connectivity index (χ2n) is 4.50. The maximum atomic E-state index is 12.1. The van der Waals surface area contributed by atoms with Crippen LogP contribution in [-0.4, -0.2) is 34.1 Å². The Labute approximate surface area is 114 Å². The highest BCUT2D eigenvalue weighted by Gasteiger charge is 2.21. The molecular formula is C12H19NO4S2. The van der Waals surface area contributed by atoms with Crippen molar-refractivity contribution in [2.75, 3.05) is 23.0 Å². The van der Waals surface area contributed by atoms with Crippen LogP contribution in [0.4, 0.5) is 5.69 Å². The Balaban J connectivity index is 2.94. The summed E-state index contributed by atoms with van der Waals surface area (Å²) in [5, 5.41) is 0. The minimum Gasteiger partial charge on any atom is -0.399 e. The molecule has 0 aliphatic heterocycles. The van der Waals surface area contributed by atoms with Crippen molar-refractivity contribution in [1.82, 2.24) is 0 Å². The summed E-state index contributed by atoms with van der Waals surface area (Å²) in [6.07, 6.45) is 0.489. The molecule has 5 nitrogen and oxygen atoms in total. The van der Waals surface area contributed by atoms with Crippen LogP contribution in [0.2, 0.25) is 0 Å². The first-order valence-electron chi connectivity index (χ1n) is 5.97. The fraction of sp³-hybridized carbons (Fsp3) is 0.500. The van der Waals surface area contributed by atoms with Crippen molar-refractivity contribution in [2.45, 2.75) is 25.2 Å². The molecule has 19 heavy (non-hydrogen) atoms.